The molecule has 90 valence electrons. The zero-order valence-electron chi connectivity index (χ0n) is 10.3. The topological polar surface area (TPSA) is 81.5 Å². The van der Waals surface area contributed by atoms with Gasteiger partial charge in [-0.2, -0.15) is 0 Å². The molecule has 16 heavy (non-hydrogen) atoms. The predicted octanol–water partition coefficient (Wildman–Crippen LogP) is 2.87. The molecule has 0 aromatic heterocycles. The Hall–Kier alpha value is -1.55. The first-order valence-corrected chi connectivity index (χ1v) is 4.95. The van der Waals surface area contributed by atoms with Crippen LogP contribution in [0.15, 0.2) is 6.07 Å². The van der Waals surface area contributed by atoms with Gasteiger partial charge in [-0.05, 0) is 50.5 Å². The van der Waals surface area contributed by atoms with Gasteiger partial charge in [0.25, 0.3) is 0 Å². The summed E-state index contributed by atoms with van der Waals surface area (Å²) in [5, 5.41) is 9.02. The van der Waals surface area contributed by atoms with Crippen LogP contribution < -0.4 is 10.9 Å². The molecule has 1 rings (SSSR count). The van der Waals surface area contributed by atoms with E-state index < -0.39 is 5.97 Å². The Morgan fingerprint density at radius 1 is 1.25 bits per heavy atom. The highest BCUT2D eigenvalue weighted by atomic mass is 16.5. The van der Waals surface area contributed by atoms with Crippen molar-refractivity contribution >= 4 is 5.97 Å². The number of carboxylic acids is 1. The summed E-state index contributed by atoms with van der Waals surface area (Å²) in [5.74, 6) is -0.241. The fraction of sp³-hybridized carbons (Fsp3) is 0.417. The van der Waals surface area contributed by atoms with Crippen molar-refractivity contribution in [2.75, 3.05) is 6.61 Å². The van der Waals surface area contributed by atoms with Crippen LogP contribution in [0.5, 0.6) is 5.75 Å². The molecule has 0 aliphatic rings. The van der Waals surface area contributed by atoms with E-state index >= 15 is 0 Å². The molecular formula is C12H19NO3. The summed E-state index contributed by atoms with van der Waals surface area (Å²) in [6.45, 7) is 8.11. The van der Waals surface area contributed by atoms with E-state index in [0.717, 1.165) is 16.7 Å². The third-order valence-electron chi connectivity index (χ3n) is 2.70. The van der Waals surface area contributed by atoms with Crippen molar-refractivity contribution in [1.82, 2.24) is 6.15 Å². The number of aromatic carboxylic acids is 1. The zero-order valence-corrected chi connectivity index (χ0v) is 10.3. The molecule has 0 bridgehead atoms. The molecule has 4 N–H and O–H groups in total. The van der Waals surface area contributed by atoms with Crippen molar-refractivity contribution in [1.29, 1.82) is 0 Å². The van der Waals surface area contributed by atoms with Crippen molar-refractivity contribution in [3.63, 3.8) is 0 Å². The molecule has 0 heterocycles. The first-order valence-electron chi connectivity index (χ1n) is 4.95. The maximum Gasteiger partial charge on any atom is 0.336 e. The summed E-state index contributed by atoms with van der Waals surface area (Å²) in [6, 6.07) is 1.60. The Bertz CT molecular complexity index is 400. The van der Waals surface area contributed by atoms with Gasteiger partial charge in [-0.3, -0.25) is 0 Å². The summed E-state index contributed by atoms with van der Waals surface area (Å²) in [7, 11) is 0. The van der Waals surface area contributed by atoms with Gasteiger partial charge >= 0.3 is 5.97 Å². The summed E-state index contributed by atoms with van der Waals surface area (Å²) in [5.41, 5.74) is 3.13. The largest absolute Gasteiger partial charge is 0.494 e. The highest BCUT2D eigenvalue weighted by Crippen LogP contribution is 2.27. The number of rotatable bonds is 3. The highest BCUT2D eigenvalue weighted by Gasteiger charge is 2.14. The molecule has 0 atom stereocenters. The molecule has 0 spiro atoms. The van der Waals surface area contributed by atoms with Gasteiger partial charge in [-0.25, -0.2) is 4.79 Å². The van der Waals surface area contributed by atoms with E-state index in [1.54, 1.807) is 6.07 Å². The fourth-order valence-corrected chi connectivity index (χ4v) is 1.54. The molecular weight excluding hydrogens is 206 g/mol. The molecule has 0 fully saturated rings. The van der Waals surface area contributed by atoms with Gasteiger partial charge in [0.05, 0.1) is 12.2 Å². The van der Waals surface area contributed by atoms with E-state index in [9.17, 15) is 4.79 Å². The molecule has 0 radical (unpaired) electrons. The third kappa shape index (κ3) is 2.52. The van der Waals surface area contributed by atoms with Crippen LogP contribution in [0.4, 0.5) is 0 Å². The normalized spacial score (nSPS) is 9.50. The second-order valence-corrected chi connectivity index (χ2v) is 3.54. The lowest BCUT2D eigenvalue weighted by Crippen LogP contribution is -2.05. The number of hydrogen-bond donors (Lipinski definition) is 2. The molecule has 0 saturated heterocycles. The number of carboxylic acid groups (broad SMARTS) is 1. The van der Waals surface area contributed by atoms with Gasteiger partial charge in [-0.15, -0.1) is 0 Å². The van der Waals surface area contributed by atoms with Crippen LogP contribution in [0.25, 0.3) is 0 Å². The van der Waals surface area contributed by atoms with Crippen molar-refractivity contribution in [2.45, 2.75) is 27.7 Å². The van der Waals surface area contributed by atoms with Crippen LogP contribution in [0, 0.1) is 20.8 Å². The summed E-state index contributed by atoms with van der Waals surface area (Å²) in [4.78, 5) is 11.0. The van der Waals surface area contributed by atoms with Crippen LogP contribution in [0.1, 0.15) is 34.0 Å². The van der Waals surface area contributed by atoms with Crippen molar-refractivity contribution in [3.8, 4) is 5.75 Å². The van der Waals surface area contributed by atoms with Crippen molar-refractivity contribution in [2.24, 2.45) is 0 Å². The second kappa shape index (κ2) is 5.51. The van der Waals surface area contributed by atoms with Crippen molar-refractivity contribution < 1.29 is 14.6 Å². The number of benzene rings is 1. The Kier molecular flexibility index (Phi) is 4.98. The lowest BCUT2D eigenvalue weighted by atomic mass is 9.98. The molecule has 0 aliphatic carbocycles. The van der Waals surface area contributed by atoms with E-state index in [4.69, 9.17) is 9.84 Å². The number of ether oxygens (including phenoxy) is 1. The highest BCUT2D eigenvalue weighted by molar-refractivity contribution is 5.90. The fourth-order valence-electron chi connectivity index (χ4n) is 1.54. The second-order valence-electron chi connectivity index (χ2n) is 3.54. The molecule has 1 aromatic rings. The zero-order chi connectivity index (χ0) is 11.6. The summed E-state index contributed by atoms with van der Waals surface area (Å²) >= 11 is 0. The lowest BCUT2D eigenvalue weighted by molar-refractivity contribution is 0.0695. The average Bonchev–Trinajstić information content (AvgIpc) is 2.18. The van der Waals surface area contributed by atoms with Crippen LogP contribution in [0.2, 0.25) is 0 Å². The molecule has 4 nitrogen and oxygen atoms in total. The minimum Gasteiger partial charge on any atom is -0.494 e. The Morgan fingerprint density at radius 2 is 1.81 bits per heavy atom. The smallest absolute Gasteiger partial charge is 0.336 e. The first-order chi connectivity index (χ1) is 6.99. The summed E-state index contributed by atoms with van der Waals surface area (Å²) < 4.78 is 5.40. The minimum atomic E-state index is -0.906. The Morgan fingerprint density at radius 3 is 2.25 bits per heavy atom. The van der Waals surface area contributed by atoms with Crippen LogP contribution in [0.3, 0.4) is 0 Å². The Balaban J connectivity index is 0.00000225. The molecule has 0 aliphatic heterocycles. The van der Waals surface area contributed by atoms with Crippen LogP contribution in [-0.2, 0) is 0 Å². The maximum absolute atomic E-state index is 11.0. The predicted molar refractivity (Wildman–Crippen MR) is 63.8 cm³/mol. The van der Waals surface area contributed by atoms with E-state index in [2.05, 4.69) is 0 Å². The van der Waals surface area contributed by atoms with Gasteiger partial charge in [0.1, 0.15) is 5.75 Å². The summed E-state index contributed by atoms with van der Waals surface area (Å²) in [6.07, 6.45) is 0. The monoisotopic (exact) mass is 225 g/mol. The molecule has 0 saturated carbocycles. The lowest BCUT2D eigenvalue weighted by Gasteiger charge is -2.14. The van der Waals surface area contributed by atoms with Crippen LogP contribution >= 0.6 is 0 Å². The van der Waals surface area contributed by atoms with E-state index in [1.165, 1.54) is 0 Å². The van der Waals surface area contributed by atoms with Gasteiger partial charge < -0.3 is 16.0 Å². The third-order valence-corrected chi connectivity index (χ3v) is 2.70. The average molecular weight is 225 g/mol. The SMILES string of the molecule is CCOc1cc(C(=O)O)c(C)c(C)c1C.N. The number of hydrogen-bond acceptors (Lipinski definition) is 3. The molecule has 1 aromatic carbocycles. The van der Waals surface area contributed by atoms with Gasteiger partial charge in [0.2, 0.25) is 0 Å². The Labute approximate surface area is 95.8 Å². The molecule has 4 heteroatoms. The van der Waals surface area contributed by atoms with Gasteiger partial charge in [-0.1, -0.05) is 0 Å². The van der Waals surface area contributed by atoms with Gasteiger partial charge in [0, 0.05) is 0 Å². The molecule has 0 amide bonds. The number of carbonyl (C=O) groups is 1. The minimum absolute atomic E-state index is 0. The quantitative estimate of drug-likeness (QED) is 0.828. The van der Waals surface area contributed by atoms with Gasteiger partial charge in [0.15, 0.2) is 0 Å². The van der Waals surface area contributed by atoms with Crippen LogP contribution in [-0.4, -0.2) is 17.7 Å². The molecule has 0 unspecified atom stereocenters. The maximum atomic E-state index is 11.0. The van der Waals surface area contributed by atoms with E-state index in [-0.39, 0.29) is 6.15 Å². The van der Waals surface area contributed by atoms with E-state index in [1.807, 2.05) is 27.7 Å². The van der Waals surface area contributed by atoms with E-state index in [0.29, 0.717) is 17.9 Å². The standard InChI is InChI=1S/C12H16O3.H3N/c1-5-15-11-6-10(12(13)14)8(3)7(2)9(11)4;/h6H,5H2,1-4H3,(H,13,14);1H3. The van der Waals surface area contributed by atoms with Crippen molar-refractivity contribution in [3.05, 3.63) is 28.3 Å². The first kappa shape index (κ1) is 14.5.